The van der Waals surface area contributed by atoms with Crippen LogP contribution in [0.4, 0.5) is 15.0 Å². The van der Waals surface area contributed by atoms with Crippen molar-refractivity contribution in [3.05, 3.63) is 36.3 Å². The molecule has 0 unspecified atom stereocenters. The lowest BCUT2D eigenvalue weighted by Gasteiger charge is -2.33. The standard InChI is InChI=1S/C17H20FN3O2/c18-14-1-2-15-13(11-14)4-8-19-16(15)21-9-5-12(6-10-21)3-7-20-17(22)23/h1-2,4,8,11-12,20H,3,5-7,9-10H2,(H,22,23). The highest BCUT2D eigenvalue weighted by atomic mass is 19.1. The number of halogens is 1. The number of piperidine rings is 1. The third-order valence-corrected chi connectivity index (χ3v) is 4.45. The number of hydrogen-bond donors (Lipinski definition) is 2. The minimum atomic E-state index is -0.963. The first-order valence-corrected chi connectivity index (χ1v) is 7.89. The molecule has 0 radical (unpaired) electrons. The summed E-state index contributed by atoms with van der Waals surface area (Å²) in [5, 5.41) is 12.9. The van der Waals surface area contributed by atoms with Crippen molar-refractivity contribution in [2.45, 2.75) is 19.3 Å². The minimum Gasteiger partial charge on any atom is -0.465 e. The number of carbonyl (C=O) groups is 1. The first-order valence-electron chi connectivity index (χ1n) is 7.89. The van der Waals surface area contributed by atoms with E-state index in [9.17, 15) is 9.18 Å². The van der Waals surface area contributed by atoms with Gasteiger partial charge in [-0.1, -0.05) is 0 Å². The van der Waals surface area contributed by atoms with Crippen molar-refractivity contribution in [2.24, 2.45) is 5.92 Å². The first kappa shape index (κ1) is 15.5. The van der Waals surface area contributed by atoms with Crippen molar-refractivity contribution in [1.29, 1.82) is 0 Å². The molecule has 0 spiro atoms. The van der Waals surface area contributed by atoms with E-state index in [1.165, 1.54) is 12.1 Å². The molecule has 2 aromatic rings. The van der Waals surface area contributed by atoms with Crippen LogP contribution in [-0.2, 0) is 0 Å². The normalized spacial score (nSPS) is 15.8. The molecule has 3 rings (SSSR count). The summed E-state index contributed by atoms with van der Waals surface area (Å²) in [5.41, 5.74) is 0. The lowest BCUT2D eigenvalue weighted by molar-refractivity contribution is 0.193. The van der Waals surface area contributed by atoms with Crippen molar-refractivity contribution in [3.8, 4) is 0 Å². The molecule has 1 aromatic heterocycles. The summed E-state index contributed by atoms with van der Waals surface area (Å²) in [7, 11) is 0. The first-order chi connectivity index (χ1) is 11.1. The molecule has 1 aromatic carbocycles. The predicted octanol–water partition coefficient (Wildman–Crippen LogP) is 3.25. The molecule has 0 aliphatic carbocycles. The molecule has 0 atom stereocenters. The molecule has 6 heteroatoms. The van der Waals surface area contributed by atoms with E-state index in [4.69, 9.17) is 5.11 Å². The van der Waals surface area contributed by atoms with Crippen LogP contribution < -0.4 is 10.2 Å². The second-order valence-corrected chi connectivity index (χ2v) is 5.95. The van der Waals surface area contributed by atoms with Gasteiger partial charge in [0.2, 0.25) is 0 Å². The Bertz CT molecular complexity index is 699. The van der Waals surface area contributed by atoms with Crippen molar-refractivity contribution >= 4 is 22.7 Å². The summed E-state index contributed by atoms with van der Waals surface area (Å²) in [6.07, 6.45) is 3.66. The number of amides is 1. The van der Waals surface area contributed by atoms with Crippen LogP contribution in [-0.4, -0.2) is 35.8 Å². The van der Waals surface area contributed by atoms with Gasteiger partial charge in [-0.3, -0.25) is 0 Å². The second kappa shape index (κ2) is 6.81. The molecule has 0 saturated carbocycles. The molecule has 5 nitrogen and oxygen atoms in total. The third kappa shape index (κ3) is 3.70. The number of rotatable bonds is 4. The summed E-state index contributed by atoms with van der Waals surface area (Å²) in [6.45, 7) is 2.29. The number of nitrogens with one attached hydrogen (secondary N) is 1. The van der Waals surface area contributed by atoms with Crippen molar-refractivity contribution in [3.63, 3.8) is 0 Å². The van der Waals surface area contributed by atoms with E-state index in [-0.39, 0.29) is 5.82 Å². The van der Waals surface area contributed by atoms with Gasteiger partial charge in [-0.25, -0.2) is 14.2 Å². The van der Waals surface area contributed by atoms with E-state index in [0.717, 1.165) is 48.9 Å². The number of carboxylic acid groups (broad SMARTS) is 1. The second-order valence-electron chi connectivity index (χ2n) is 5.95. The van der Waals surface area contributed by atoms with Crippen LogP contribution in [0.3, 0.4) is 0 Å². The van der Waals surface area contributed by atoms with Gasteiger partial charge < -0.3 is 15.3 Å². The Morgan fingerprint density at radius 3 is 2.87 bits per heavy atom. The number of hydrogen-bond acceptors (Lipinski definition) is 3. The SMILES string of the molecule is O=C(O)NCCC1CCN(c2nccc3cc(F)ccc23)CC1. The lowest BCUT2D eigenvalue weighted by atomic mass is 9.93. The topological polar surface area (TPSA) is 65.5 Å². The van der Waals surface area contributed by atoms with E-state index in [0.29, 0.717) is 12.5 Å². The molecule has 1 aliphatic heterocycles. The molecule has 122 valence electrons. The zero-order valence-electron chi connectivity index (χ0n) is 12.8. The average Bonchev–Trinajstić information content (AvgIpc) is 2.54. The van der Waals surface area contributed by atoms with Gasteiger partial charge in [0.05, 0.1) is 0 Å². The maximum atomic E-state index is 13.4. The van der Waals surface area contributed by atoms with Crippen LogP contribution >= 0.6 is 0 Å². The Balaban J connectivity index is 1.65. The van der Waals surface area contributed by atoms with Crippen LogP contribution in [0.2, 0.25) is 0 Å². The summed E-state index contributed by atoms with van der Waals surface area (Å²) < 4.78 is 13.4. The summed E-state index contributed by atoms with van der Waals surface area (Å²) in [6, 6.07) is 6.62. The van der Waals surface area contributed by atoms with Crippen LogP contribution in [0.25, 0.3) is 10.8 Å². The van der Waals surface area contributed by atoms with Crippen molar-refractivity contribution in [1.82, 2.24) is 10.3 Å². The molecule has 1 fully saturated rings. The van der Waals surface area contributed by atoms with Crippen LogP contribution in [0.5, 0.6) is 0 Å². The highest BCUT2D eigenvalue weighted by Crippen LogP contribution is 2.29. The van der Waals surface area contributed by atoms with Crippen molar-refractivity contribution in [2.75, 3.05) is 24.5 Å². The fourth-order valence-electron chi connectivity index (χ4n) is 3.20. The summed E-state index contributed by atoms with van der Waals surface area (Å²) >= 11 is 0. The Labute approximate surface area is 134 Å². The molecule has 1 amide bonds. The van der Waals surface area contributed by atoms with E-state index < -0.39 is 6.09 Å². The van der Waals surface area contributed by atoms with Gasteiger partial charge >= 0.3 is 6.09 Å². The Morgan fingerprint density at radius 2 is 2.13 bits per heavy atom. The Hall–Kier alpha value is -2.37. The zero-order chi connectivity index (χ0) is 16.2. The van der Waals surface area contributed by atoms with Gasteiger partial charge in [0.15, 0.2) is 0 Å². The number of benzene rings is 1. The third-order valence-electron chi connectivity index (χ3n) is 4.45. The number of aromatic nitrogens is 1. The largest absolute Gasteiger partial charge is 0.465 e. The highest BCUT2D eigenvalue weighted by molar-refractivity contribution is 5.92. The lowest BCUT2D eigenvalue weighted by Crippen LogP contribution is -2.35. The minimum absolute atomic E-state index is 0.237. The molecule has 23 heavy (non-hydrogen) atoms. The molecule has 2 heterocycles. The molecular weight excluding hydrogens is 297 g/mol. The van der Waals surface area contributed by atoms with E-state index >= 15 is 0 Å². The van der Waals surface area contributed by atoms with Gasteiger partial charge in [-0.2, -0.15) is 0 Å². The van der Waals surface area contributed by atoms with Gasteiger partial charge in [-0.15, -0.1) is 0 Å². The summed E-state index contributed by atoms with van der Waals surface area (Å²) in [5.74, 6) is 1.20. The Kier molecular flexibility index (Phi) is 4.60. The zero-order valence-corrected chi connectivity index (χ0v) is 12.8. The number of pyridine rings is 1. The fourth-order valence-corrected chi connectivity index (χ4v) is 3.20. The van der Waals surface area contributed by atoms with Gasteiger partial charge in [0, 0.05) is 31.2 Å². The summed E-state index contributed by atoms with van der Waals surface area (Å²) in [4.78, 5) is 17.2. The van der Waals surface area contributed by atoms with E-state index in [1.807, 2.05) is 6.07 Å². The van der Waals surface area contributed by atoms with Gasteiger partial charge in [-0.05, 0) is 54.8 Å². The molecular formula is C17H20FN3O2. The molecule has 2 N–H and O–H groups in total. The maximum absolute atomic E-state index is 13.4. The number of nitrogens with zero attached hydrogens (tertiary/aromatic N) is 2. The number of anilines is 1. The monoisotopic (exact) mass is 317 g/mol. The Morgan fingerprint density at radius 1 is 1.35 bits per heavy atom. The highest BCUT2D eigenvalue weighted by Gasteiger charge is 2.21. The van der Waals surface area contributed by atoms with Crippen LogP contribution in [0.1, 0.15) is 19.3 Å². The predicted molar refractivity (Wildman–Crippen MR) is 87.3 cm³/mol. The van der Waals surface area contributed by atoms with Crippen molar-refractivity contribution < 1.29 is 14.3 Å². The van der Waals surface area contributed by atoms with E-state index in [1.54, 1.807) is 12.3 Å². The molecule has 0 bridgehead atoms. The van der Waals surface area contributed by atoms with E-state index in [2.05, 4.69) is 15.2 Å². The maximum Gasteiger partial charge on any atom is 0.404 e. The molecule has 1 aliphatic rings. The van der Waals surface area contributed by atoms with Crippen LogP contribution in [0, 0.1) is 11.7 Å². The number of fused-ring (bicyclic) bond motifs is 1. The fraction of sp³-hybridized carbons (Fsp3) is 0.412. The smallest absolute Gasteiger partial charge is 0.404 e. The van der Waals surface area contributed by atoms with Gasteiger partial charge in [0.1, 0.15) is 11.6 Å². The average molecular weight is 317 g/mol. The van der Waals surface area contributed by atoms with Gasteiger partial charge in [0.25, 0.3) is 0 Å². The van der Waals surface area contributed by atoms with Crippen LogP contribution in [0.15, 0.2) is 30.5 Å². The quantitative estimate of drug-likeness (QED) is 0.908. The molecule has 1 saturated heterocycles.